The summed E-state index contributed by atoms with van der Waals surface area (Å²) in [7, 11) is 0. The van der Waals surface area contributed by atoms with E-state index in [4.69, 9.17) is 14.3 Å². The monoisotopic (exact) mass is 270 g/mol. The van der Waals surface area contributed by atoms with Crippen molar-refractivity contribution in [1.29, 1.82) is 0 Å². The molecule has 0 amide bonds. The summed E-state index contributed by atoms with van der Waals surface area (Å²) in [6.45, 7) is 0.113. The third kappa shape index (κ3) is 2.31. The van der Waals surface area contributed by atoms with E-state index in [1.165, 1.54) is 18.5 Å². The highest BCUT2D eigenvalue weighted by atomic mass is 16.5. The van der Waals surface area contributed by atoms with Gasteiger partial charge in [-0.25, -0.2) is 9.78 Å². The van der Waals surface area contributed by atoms with E-state index in [1.54, 1.807) is 24.4 Å². The summed E-state index contributed by atoms with van der Waals surface area (Å²) in [6.07, 6.45) is 4.59. The Morgan fingerprint density at radius 2 is 2.20 bits per heavy atom. The van der Waals surface area contributed by atoms with E-state index in [1.807, 2.05) is 0 Å². The molecule has 100 valence electrons. The largest absolute Gasteiger partial charge is 0.482 e. The van der Waals surface area contributed by atoms with Crippen LogP contribution in [0.15, 0.2) is 47.3 Å². The van der Waals surface area contributed by atoms with E-state index in [9.17, 15) is 4.79 Å². The van der Waals surface area contributed by atoms with Crippen molar-refractivity contribution in [2.45, 2.75) is 6.61 Å². The molecule has 1 N–H and O–H groups in total. The highest BCUT2D eigenvalue weighted by Gasteiger charge is 2.11. The van der Waals surface area contributed by atoms with Gasteiger partial charge in [0.25, 0.3) is 0 Å². The number of fused-ring (bicyclic) bond motifs is 1. The van der Waals surface area contributed by atoms with Crippen LogP contribution in [0.2, 0.25) is 0 Å². The minimum Gasteiger partial charge on any atom is -0.482 e. The SMILES string of the molecule is O=C(O)c1cc(OCc2ncco2)c2ncccc2c1. The quantitative estimate of drug-likeness (QED) is 0.783. The normalized spacial score (nSPS) is 10.6. The van der Waals surface area contributed by atoms with Crippen LogP contribution in [-0.2, 0) is 6.61 Å². The van der Waals surface area contributed by atoms with Crippen LogP contribution < -0.4 is 4.74 Å². The Hall–Kier alpha value is -2.89. The van der Waals surface area contributed by atoms with Gasteiger partial charge in [0.2, 0.25) is 5.89 Å². The summed E-state index contributed by atoms with van der Waals surface area (Å²) >= 11 is 0. The zero-order valence-electron chi connectivity index (χ0n) is 10.3. The first kappa shape index (κ1) is 12.2. The lowest BCUT2D eigenvalue weighted by molar-refractivity contribution is 0.0696. The lowest BCUT2D eigenvalue weighted by Crippen LogP contribution is -2.01. The van der Waals surface area contributed by atoms with Crippen molar-refractivity contribution < 1.29 is 19.1 Å². The molecule has 0 radical (unpaired) electrons. The first-order valence-corrected chi connectivity index (χ1v) is 5.87. The van der Waals surface area contributed by atoms with Crippen molar-refractivity contribution in [3.63, 3.8) is 0 Å². The zero-order chi connectivity index (χ0) is 13.9. The second-order valence-electron chi connectivity index (χ2n) is 4.07. The van der Waals surface area contributed by atoms with E-state index < -0.39 is 5.97 Å². The molecule has 2 aromatic heterocycles. The van der Waals surface area contributed by atoms with Gasteiger partial charge < -0.3 is 14.3 Å². The molecular formula is C14H10N2O4. The number of aromatic carboxylic acids is 1. The average Bonchev–Trinajstić information content (AvgIpc) is 2.97. The van der Waals surface area contributed by atoms with Crippen molar-refractivity contribution in [2.75, 3.05) is 0 Å². The number of carboxylic acids is 1. The Kier molecular flexibility index (Phi) is 3.04. The summed E-state index contributed by atoms with van der Waals surface area (Å²) in [5.41, 5.74) is 0.747. The number of carboxylic acid groups (broad SMARTS) is 1. The van der Waals surface area contributed by atoms with Gasteiger partial charge in [-0.1, -0.05) is 6.07 Å². The minimum absolute atomic E-state index is 0.113. The summed E-state index contributed by atoms with van der Waals surface area (Å²) < 4.78 is 10.6. The van der Waals surface area contributed by atoms with Crippen molar-refractivity contribution in [3.05, 3.63) is 54.4 Å². The molecule has 0 atom stereocenters. The summed E-state index contributed by atoms with van der Waals surface area (Å²) in [5.74, 6) is -0.217. The molecule has 20 heavy (non-hydrogen) atoms. The fourth-order valence-corrected chi connectivity index (χ4v) is 1.86. The molecule has 0 bridgehead atoms. The number of hydrogen-bond donors (Lipinski definition) is 1. The van der Waals surface area contributed by atoms with E-state index >= 15 is 0 Å². The van der Waals surface area contributed by atoms with Crippen LogP contribution in [0.25, 0.3) is 10.9 Å². The Labute approximate surface area is 113 Å². The number of pyridine rings is 1. The van der Waals surface area contributed by atoms with Gasteiger partial charge in [0.1, 0.15) is 17.5 Å². The van der Waals surface area contributed by atoms with Crippen molar-refractivity contribution >= 4 is 16.9 Å². The molecule has 0 spiro atoms. The molecule has 0 aliphatic heterocycles. The van der Waals surface area contributed by atoms with Crippen LogP contribution in [-0.4, -0.2) is 21.0 Å². The Morgan fingerprint density at radius 3 is 2.95 bits per heavy atom. The highest BCUT2D eigenvalue weighted by molar-refractivity contribution is 5.95. The van der Waals surface area contributed by atoms with Crippen LogP contribution in [0, 0.1) is 0 Å². The number of nitrogens with zero attached hydrogens (tertiary/aromatic N) is 2. The van der Waals surface area contributed by atoms with Crippen LogP contribution in [0.3, 0.4) is 0 Å². The third-order valence-electron chi connectivity index (χ3n) is 2.75. The Morgan fingerprint density at radius 1 is 1.30 bits per heavy atom. The number of rotatable bonds is 4. The van der Waals surface area contributed by atoms with E-state index in [0.29, 0.717) is 22.5 Å². The van der Waals surface area contributed by atoms with Gasteiger partial charge in [0.15, 0.2) is 6.61 Å². The van der Waals surface area contributed by atoms with Gasteiger partial charge in [-0.15, -0.1) is 0 Å². The predicted octanol–water partition coefficient (Wildman–Crippen LogP) is 2.50. The molecule has 3 rings (SSSR count). The molecule has 2 heterocycles. The second kappa shape index (κ2) is 5.00. The van der Waals surface area contributed by atoms with Crippen molar-refractivity contribution in [1.82, 2.24) is 9.97 Å². The predicted molar refractivity (Wildman–Crippen MR) is 69.5 cm³/mol. The molecule has 0 saturated carbocycles. The van der Waals surface area contributed by atoms with E-state index in [2.05, 4.69) is 9.97 Å². The molecule has 0 saturated heterocycles. The topological polar surface area (TPSA) is 85.5 Å². The summed E-state index contributed by atoms with van der Waals surface area (Å²) in [5, 5.41) is 9.82. The molecule has 0 aliphatic rings. The molecule has 0 aliphatic carbocycles. The summed E-state index contributed by atoms with van der Waals surface area (Å²) in [4.78, 5) is 19.3. The van der Waals surface area contributed by atoms with E-state index in [0.717, 1.165) is 0 Å². The first-order valence-electron chi connectivity index (χ1n) is 5.87. The Balaban J connectivity index is 2.00. The number of aromatic nitrogens is 2. The fraction of sp³-hybridized carbons (Fsp3) is 0.0714. The number of benzene rings is 1. The Bertz CT molecular complexity index is 753. The summed E-state index contributed by atoms with van der Waals surface area (Å²) in [6, 6.07) is 6.53. The first-order chi connectivity index (χ1) is 9.74. The zero-order valence-corrected chi connectivity index (χ0v) is 10.3. The lowest BCUT2D eigenvalue weighted by Gasteiger charge is -2.08. The second-order valence-corrected chi connectivity index (χ2v) is 4.07. The van der Waals surface area contributed by atoms with Crippen LogP contribution in [0.1, 0.15) is 16.2 Å². The molecular weight excluding hydrogens is 260 g/mol. The van der Waals surface area contributed by atoms with Crippen LogP contribution in [0.4, 0.5) is 0 Å². The molecule has 3 aromatic rings. The fourth-order valence-electron chi connectivity index (χ4n) is 1.86. The molecule has 6 nitrogen and oxygen atoms in total. The van der Waals surface area contributed by atoms with Crippen molar-refractivity contribution in [3.8, 4) is 5.75 Å². The van der Waals surface area contributed by atoms with Gasteiger partial charge in [-0.2, -0.15) is 0 Å². The average molecular weight is 270 g/mol. The maximum atomic E-state index is 11.1. The van der Waals surface area contributed by atoms with Crippen LogP contribution in [0.5, 0.6) is 5.75 Å². The van der Waals surface area contributed by atoms with Gasteiger partial charge in [0.05, 0.1) is 11.8 Å². The third-order valence-corrected chi connectivity index (χ3v) is 2.75. The molecule has 1 aromatic carbocycles. The molecule has 6 heteroatoms. The van der Waals surface area contributed by atoms with E-state index in [-0.39, 0.29) is 12.2 Å². The van der Waals surface area contributed by atoms with Crippen LogP contribution >= 0.6 is 0 Å². The maximum absolute atomic E-state index is 11.1. The van der Waals surface area contributed by atoms with Crippen molar-refractivity contribution in [2.24, 2.45) is 0 Å². The van der Waals surface area contributed by atoms with Gasteiger partial charge in [0, 0.05) is 11.6 Å². The number of ether oxygens (including phenoxy) is 1. The maximum Gasteiger partial charge on any atom is 0.335 e. The smallest absolute Gasteiger partial charge is 0.335 e. The van der Waals surface area contributed by atoms with Gasteiger partial charge in [-0.05, 0) is 18.2 Å². The highest BCUT2D eigenvalue weighted by Crippen LogP contribution is 2.26. The standard InChI is InChI=1S/C14H10N2O4/c17-14(18)10-6-9-2-1-3-16-13(9)11(7-10)20-8-12-15-4-5-19-12/h1-7H,8H2,(H,17,18). The number of hydrogen-bond acceptors (Lipinski definition) is 5. The number of oxazole rings is 1. The minimum atomic E-state index is -1.02. The molecule has 0 unspecified atom stereocenters. The van der Waals surface area contributed by atoms with Gasteiger partial charge >= 0.3 is 5.97 Å². The van der Waals surface area contributed by atoms with Gasteiger partial charge in [-0.3, -0.25) is 4.98 Å². The number of carbonyl (C=O) groups is 1. The molecule has 0 fully saturated rings. The lowest BCUT2D eigenvalue weighted by atomic mass is 10.1.